The van der Waals surface area contributed by atoms with Crippen LogP contribution in [0.25, 0.3) is 10.8 Å². The van der Waals surface area contributed by atoms with E-state index in [9.17, 15) is 5.11 Å². The van der Waals surface area contributed by atoms with Gasteiger partial charge in [0, 0.05) is 25.2 Å². The molecule has 0 amide bonds. The summed E-state index contributed by atoms with van der Waals surface area (Å²) in [6.07, 6.45) is 1.74. The van der Waals surface area contributed by atoms with E-state index in [0.29, 0.717) is 26.4 Å². The van der Waals surface area contributed by atoms with Gasteiger partial charge in [-0.25, -0.2) is 4.98 Å². The number of rotatable bonds is 7. The van der Waals surface area contributed by atoms with Crippen molar-refractivity contribution in [1.82, 2.24) is 4.98 Å². The molecule has 0 aliphatic carbocycles. The van der Waals surface area contributed by atoms with Gasteiger partial charge in [0.15, 0.2) is 0 Å². The Morgan fingerprint density at radius 1 is 1.21 bits per heavy atom. The number of aromatic hydroxyl groups is 1. The van der Waals surface area contributed by atoms with Gasteiger partial charge in [-0.2, -0.15) is 0 Å². The predicted octanol–water partition coefficient (Wildman–Crippen LogP) is 2.02. The van der Waals surface area contributed by atoms with Gasteiger partial charge in [0.25, 0.3) is 0 Å². The van der Waals surface area contributed by atoms with Crippen LogP contribution in [0.5, 0.6) is 5.75 Å². The monoisotopic (exact) mass is 262 g/mol. The van der Waals surface area contributed by atoms with E-state index < -0.39 is 0 Å². The maximum Gasteiger partial charge on any atom is 0.134 e. The molecule has 0 spiro atoms. The molecule has 2 N–H and O–H groups in total. The molecule has 5 nitrogen and oxygen atoms in total. The first-order valence-electron chi connectivity index (χ1n) is 6.19. The summed E-state index contributed by atoms with van der Waals surface area (Å²) in [5.74, 6) is 0.989. The number of methoxy groups -OCH3 is 1. The zero-order valence-corrected chi connectivity index (χ0v) is 10.9. The van der Waals surface area contributed by atoms with Gasteiger partial charge in [-0.3, -0.25) is 0 Å². The number of benzene rings is 1. The molecule has 2 rings (SSSR count). The molecular formula is C14H18N2O3. The van der Waals surface area contributed by atoms with Gasteiger partial charge in [-0.05, 0) is 23.6 Å². The quantitative estimate of drug-likeness (QED) is 0.747. The lowest BCUT2D eigenvalue weighted by Crippen LogP contribution is -2.12. The van der Waals surface area contributed by atoms with E-state index >= 15 is 0 Å². The SMILES string of the molecule is COCCOCCNc1nccc2ccc(O)cc12. The number of nitrogens with one attached hydrogen (secondary N) is 1. The number of ether oxygens (including phenoxy) is 2. The number of aromatic nitrogens is 1. The molecule has 1 aromatic heterocycles. The third-order valence-corrected chi connectivity index (χ3v) is 2.72. The minimum atomic E-state index is 0.236. The van der Waals surface area contributed by atoms with Crippen LogP contribution in [0.2, 0.25) is 0 Å². The molecule has 0 saturated carbocycles. The maximum absolute atomic E-state index is 9.53. The number of hydrogen-bond acceptors (Lipinski definition) is 5. The molecule has 102 valence electrons. The zero-order valence-electron chi connectivity index (χ0n) is 10.9. The molecule has 0 atom stereocenters. The van der Waals surface area contributed by atoms with Crippen molar-refractivity contribution in [3.05, 3.63) is 30.5 Å². The highest BCUT2D eigenvalue weighted by atomic mass is 16.5. The summed E-state index contributed by atoms with van der Waals surface area (Å²) in [5.41, 5.74) is 0. The Hall–Kier alpha value is -1.85. The minimum Gasteiger partial charge on any atom is -0.508 e. The van der Waals surface area contributed by atoms with Crippen LogP contribution in [-0.4, -0.2) is 43.6 Å². The van der Waals surface area contributed by atoms with Crippen molar-refractivity contribution >= 4 is 16.6 Å². The van der Waals surface area contributed by atoms with Crippen molar-refractivity contribution in [3.63, 3.8) is 0 Å². The highest BCUT2D eigenvalue weighted by Gasteiger charge is 2.02. The maximum atomic E-state index is 9.53. The second-order valence-corrected chi connectivity index (χ2v) is 4.10. The number of pyridine rings is 1. The summed E-state index contributed by atoms with van der Waals surface area (Å²) < 4.78 is 10.3. The third kappa shape index (κ3) is 3.81. The van der Waals surface area contributed by atoms with Crippen molar-refractivity contribution in [1.29, 1.82) is 0 Å². The first-order chi connectivity index (χ1) is 9.31. The summed E-state index contributed by atoms with van der Waals surface area (Å²) in [4.78, 5) is 4.28. The van der Waals surface area contributed by atoms with E-state index in [0.717, 1.165) is 16.6 Å². The minimum absolute atomic E-state index is 0.236. The van der Waals surface area contributed by atoms with Crippen molar-refractivity contribution in [2.75, 3.05) is 38.8 Å². The molecule has 1 heterocycles. The van der Waals surface area contributed by atoms with Crippen molar-refractivity contribution < 1.29 is 14.6 Å². The van der Waals surface area contributed by atoms with Gasteiger partial charge >= 0.3 is 0 Å². The molecule has 0 unspecified atom stereocenters. The van der Waals surface area contributed by atoms with E-state index in [1.165, 1.54) is 0 Å². The highest BCUT2D eigenvalue weighted by molar-refractivity contribution is 5.92. The molecule has 1 aromatic carbocycles. The molecule has 0 saturated heterocycles. The van der Waals surface area contributed by atoms with E-state index in [-0.39, 0.29) is 5.75 Å². The Morgan fingerprint density at radius 3 is 2.95 bits per heavy atom. The lowest BCUT2D eigenvalue weighted by molar-refractivity contribution is 0.0759. The summed E-state index contributed by atoms with van der Waals surface area (Å²) in [5, 5.41) is 14.7. The topological polar surface area (TPSA) is 63.6 Å². The van der Waals surface area contributed by atoms with Crippen molar-refractivity contribution in [2.45, 2.75) is 0 Å². The number of fused-ring (bicyclic) bond motifs is 1. The van der Waals surface area contributed by atoms with E-state index in [4.69, 9.17) is 9.47 Å². The smallest absolute Gasteiger partial charge is 0.134 e. The first kappa shape index (κ1) is 13.6. The first-order valence-corrected chi connectivity index (χ1v) is 6.19. The molecule has 0 aliphatic rings. The lowest BCUT2D eigenvalue weighted by atomic mass is 10.1. The number of hydrogen-bond donors (Lipinski definition) is 2. The Labute approximate surface area is 112 Å². The second kappa shape index (κ2) is 6.92. The summed E-state index contributed by atoms with van der Waals surface area (Å²) in [6, 6.07) is 7.15. The van der Waals surface area contributed by atoms with Crippen LogP contribution < -0.4 is 5.32 Å². The molecule has 0 radical (unpaired) electrons. The fourth-order valence-electron chi connectivity index (χ4n) is 1.78. The standard InChI is InChI=1S/C14H18N2O3/c1-18-8-9-19-7-6-16-14-13-10-12(17)3-2-11(13)4-5-15-14/h2-5,10,17H,6-9H2,1H3,(H,15,16). The van der Waals surface area contributed by atoms with Crippen LogP contribution in [0.3, 0.4) is 0 Å². The normalized spacial score (nSPS) is 10.8. The molecule has 2 aromatic rings. The molecule has 5 heteroatoms. The van der Waals surface area contributed by atoms with Gasteiger partial charge in [0.2, 0.25) is 0 Å². The summed E-state index contributed by atoms with van der Waals surface area (Å²) >= 11 is 0. The summed E-state index contributed by atoms with van der Waals surface area (Å²) in [7, 11) is 1.65. The van der Waals surface area contributed by atoms with Crippen LogP contribution in [-0.2, 0) is 9.47 Å². The average Bonchev–Trinajstić information content (AvgIpc) is 2.43. The molecular weight excluding hydrogens is 244 g/mol. The Bertz CT molecular complexity index is 531. The van der Waals surface area contributed by atoms with Crippen LogP contribution in [0.1, 0.15) is 0 Å². The largest absolute Gasteiger partial charge is 0.508 e. The Morgan fingerprint density at radius 2 is 2.11 bits per heavy atom. The molecule has 0 bridgehead atoms. The zero-order chi connectivity index (χ0) is 13.5. The van der Waals surface area contributed by atoms with Crippen LogP contribution in [0.4, 0.5) is 5.82 Å². The predicted molar refractivity (Wildman–Crippen MR) is 74.6 cm³/mol. The number of nitrogens with zero attached hydrogens (tertiary/aromatic N) is 1. The number of anilines is 1. The van der Waals surface area contributed by atoms with E-state index in [2.05, 4.69) is 10.3 Å². The van der Waals surface area contributed by atoms with Gasteiger partial charge < -0.3 is 19.9 Å². The second-order valence-electron chi connectivity index (χ2n) is 4.10. The van der Waals surface area contributed by atoms with E-state index in [1.807, 2.05) is 12.1 Å². The van der Waals surface area contributed by atoms with Crippen molar-refractivity contribution in [2.24, 2.45) is 0 Å². The molecule has 0 fully saturated rings. The average molecular weight is 262 g/mol. The number of phenolic OH excluding ortho intramolecular Hbond substituents is 1. The number of phenols is 1. The third-order valence-electron chi connectivity index (χ3n) is 2.72. The fourth-order valence-corrected chi connectivity index (χ4v) is 1.78. The van der Waals surface area contributed by atoms with Gasteiger partial charge in [-0.15, -0.1) is 0 Å². The van der Waals surface area contributed by atoms with Crippen LogP contribution in [0, 0.1) is 0 Å². The fraction of sp³-hybridized carbons (Fsp3) is 0.357. The van der Waals surface area contributed by atoms with Crippen molar-refractivity contribution in [3.8, 4) is 5.75 Å². The molecule has 19 heavy (non-hydrogen) atoms. The van der Waals surface area contributed by atoms with Gasteiger partial charge in [0.1, 0.15) is 11.6 Å². The van der Waals surface area contributed by atoms with Gasteiger partial charge in [0.05, 0.1) is 19.8 Å². The van der Waals surface area contributed by atoms with Crippen LogP contribution >= 0.6 is 0 Å². The lowest BCUT2D eigenvalue weighted by Gasteiger charge is -2.09. The molecule has 0 aliphatic heterocycles. The Balaban J connectivity index is 1.95. The van der Waals surface area contributed by atoms with E-state index in [1.54, 1.807) is 25.4 Å². The van der Waals surface area contributed by atoms with Gasteiger partial charge in [-0.1, -0.05) is 6.07 Å². The summed E-state index contributed by atoms with van der Waals surface area (Å²) in [6.45, 7) is 2.42. The van der Waals surface area contributed by atoms with Crippen LogP contribution in [0.15, 0.2) is 30.5 Å². The highest BCUT2D eigenvalue weighted by Crippen LogP contribution is 2.24. The Kier molecular flexibility index (Phi) is 4.94.